The minimum absolute atomic E-state index is 0.0382. The monoisotopic (exact) mass is 221 g/mol. The highest BCUT2D eigenvalue weighted by Gasteiger charge is 2.47. The lowest BCUT2D eigenvalue weighted by Crippen LogP contribution is -2.07. The Kier molecular flexibility index (Phi) is 3.08. The first-order valence-electron chi connectivity index (χ1n) is 5.43. The Bertz CT molecular complexity index is 392. The molecule has 2 atom stereocenters. The molecule has 1 aliphatic carbocycles. The number of hydrogen-bond donors (Lipinski definition) is 0. The van der Waals surface area contributed by atoms with Crippen LogP contribution in [0.15, 0.2) is 18.3 Å². The van der Waals surface area contributed by atoms with Gasteiger partial charge < -0.3 is 9.47 Å². The third-order valence-corrected chi connectivity index (χ3v) is 2.75. The van der Waals surface area contributed by atoms with Crippen LogP contribution in [0.2, 0.25) is 0 Å². The van der Waals surface area contributed by atoms with Gasteiger partial charge in [0.25, 0.3) is 0 Å². The first-order chi connectivity index (χ1) is 7.77. The zero-order valence-corrected chi connectivity index (χ0v) is 9.47. The van der Waals surface area contributed by atoms with Crippen molar-refractivity contribution in [3.8, 4) is 5.75 Å². The fraction of sp³-hybridized carbons (Fsp3) is 0.500. The lowest BCUT2D eigenvalue weighted by Gasteiger charge is -2.06. The van der Waals surface area contributed by atoms with E-state index in [1.807, 2.05) is 19.1 Å². The van der Waals surface area contributed by atoms with Gasteiger partial charge in [0.05, 0.1) is 25.3 Å². The van der Waals surface area contributed by atoms with Gasteiger partial charge in [-0.15, -0.1) is 0 Å². The molecule has 0 radical (unpaired) electrons. The molecule has 0 aromatic carbocycles. The highest BCUT2D eigenvalue weighted by molar-refractivity contribution is 5.77. The summed E-state index contributed by atoms with van der Waals surface area (Å²) in [4.78, 5) is 15.8. The van der Waals surface area contributed by atoms with Crippen LogP contribution >= 0.6 is 0 Å². The molecule has 1 fully saturated rings. The van der Waals surface area contributed by atoms with Crippen molar-refractivity contribution >= 4 is 5.97 Å². The molecule has 0 bridgehead atoms. The molecule has 4 nitrogen and oxygen atoms in total. The van der Waals surface area contributed by atoms with Crippen LogP contribution in [-0.2, 0) is 9.53 Å². The van der Waals surface area contributed by atoms with E-state index >= 15 is 0 Å². The van der Waals surface area contributed by atoms with E-state index in [1.165, 1.54) is 0 Å². The van der Waals surface area contributed by atoms with Crippen molar-refractivity contribution in [1.29, 1.82) is 0 Å². The third kappa shape index (κ3) is 2.01. The van der Waals surface area contributed by atoms with Crippen molar-refractivity contribution in [3.05, 3.63) is 24.0 Å². The minimum Gasteiger partial charge on any atom is -0.495 e. The van der Waals surface area contributed by atoms with Crippen LogP contribution in [-0.4, -0.2) is 24.7 Å². The standard InChI is InChI=1S/C12H15NO3/c1-3-16-12(14)9-7-8(9)11-10(15-2)5-4-6-13-11/h4-6,8-9H,3,7H2,1-2H3. The van der Waals surface area contributed by atoms with Gasteiger partial charge in [-0.25, -0.2) is 0 Å². The highest BCUT2D eigenvalue weighted by Crippen LogP contribution is 2.49. The minimum atomic E-state index is -0.125. The van der Waals surface area contributed by atoms with Crippen molar-refractivity contribution in [2.75, 3.05) is 13.7 Å². The second-order valence-corrected chi connectivity index (χ2v) is 3.79. The molecule has 0 saturated heterocycles. The number of carbonyl (C=O) groups is 1. The van der Waals surface area contributed by atoms with Crippen molar-refractivity contribution in [2.45, 2.75) is 19.3 Å². The molecule has 86 valence electrons. The number of aromatic nitrogens is 1. The Morgan fingerprint density at radius 1 is 1.62 bits per heavy atom. The van der Waals surface area contributed by atoms with Gasteiger partial charge in [0.15, 0.2) is 0 Å². The number of carbonyl (C=O) groups excluding carboxylic acids is 1. The molecule has 1 heterocycles. The second-order valence-electron chi connectivity index (χ2n) is 3.79. The Morgan fingerprint density at radius 2 is 2.44 bits per heavy atom. The average Bonchev–Trinajstić information content (AvgIpc) is 3.09. The van der Waals surface area contributed by atoms with Crippen LogP contribution < -0.4 is 4.74 Å². The fourth-order valence-electron chi connectivity index (χ4n) is 1.86. The largest absolute Gasteiger partial charge is 0.495 e. The number of hydrogen-bond acceptors (Lipinski definition) is 4. The van der Waals surface area contributed by atoms with Crippen molar-refractivity contribution < 1.29 is 14.3 Å². The van der Waals surface area contributed by atoms with Gasteiger partial charge >= 0.3 is 5.97 Å². The van der Waals surface area contributed by atoms with Gasteiger partial charge in [-0.3, -0.25) is 9.78 Å². The van der Waals surface area contributed by atoms with Crippen LogP contribution in [0.1, 0.15) is 25.0 Å². The van der Waals surface area contributed by atoms with Crippen molar-refractivity contribution in [3.63, 3.8) is 0 Å². The van der Waals surface area contributed by atoms with Gasteiger partial charge in [-0.1, -0.05) is 0 Å². The molecule has 1 aromatic rings. The number of nitrogens with zero attached hydrogens (tertiary/aromatic N) is 1. The van der Waals surface area contributed by atoms with Crippen LogP contribution in [0.5, 0.6) is 5.75 Å². The summed E-state index contributed by atoms with van der Waals surface area (Å²) in [5.41, 5.74) is 0.864. The molecule has 2 unspecified atom stereocenters. The summed E-state index contributed by atoms with van der Waals surface area (Å²) in [6.45, 7) is 2.25. The van der Waals surface area contributed by atoms with E-state index in [0.717, 1.165) is 17.9 Å². The normalized spacial score (nSPS) is 22.6. The molecular weight excluding hydrogens is 206 g/mol. The maximum absolute atomic E-state index is 11.5. The van der Waals surface area contributed by atoms with Crippen LogP contribution in [0, 0.1) is 5.92 Å². The van der Waals surface area contributed by atoms with E-state index in [4.69, 9.17) is 9.47 Å². The Morgan fingerprint density at radius 3 is 3.12 bits per heavy atom. The lowest BCUT2D eigenvalue weighted by molar-refractivity contribution is -0.144. The fourth-order valence-corrected chi connectivity index (χ4v) is 1.86. The van der Waals surface area contributed by atoms with Crippen molar-refractivity contribution in [1.82, 2.24) is 4.98 Å². The summed E-state index contributed by atoms with van der Waals surface area (Å²) < 4.78 is 10.2. The van der Waals surface area contributed by atoms with Crippen molar-refractivity contribution in [2.24, 2.45) is 5.92 Å². The highest BCUT2D eigenvalue weighted by atomic mass is 16.5. The maximum Gasteiger partial charge on any atom is 0.309 e. The molecule has 0 spiro atoms. The zero-order chi connectivity index (χ0) is 11.5. The van der Waals surface area contributed by atoms with Crippen LogP contribution in [0.4, 0.5) is 0 Å². The number of esters is 1. The summed E-state index contributed by atoms with van der Waals surface area (Å²) in [6, 6.07) is 3.69. The number of rotatable bonds is 4. The molecular formula is C12H15NO3. The third-order valence-electron chi connectivity index (χ3n) is 2.75. The molecule has 1 aromatic heterocycles. The molecule has 2 rings (SSSR count). The second kappa shape index (κ2) is 4.51. The van der Waals surface area contributed by atoms with E-state index in [1.54, 1.807) is 13.3 Å². The lowest BCUT2D eigenvalue weighted by atomic mass is 10.2. The summed E-state index contributed by atoms with van der Waals surface area (Å²) in [5, 5.41) is 0. The summed E-state index contributed by atoms with van der Waals surface area (Å²) >= 11 is 0. The van der Waals surface area contributed by atoms with Crippen LogP contribution in [0.25, 0.3) is 0 Å². The Labute approximate surface area is 94.6 Å². The van der Waals surface area contributed by atoms with Gasteiger partial charge in [0.2, 0.25) is 0 Å². The summed E-state index contributed by atoms with van der Waals surface area (Å²) in [6.07, 6.45) is 2.53. The van der Waals surface area contributed by atoms with Gasteiger partial charge in [-0.05, 0) is 25.5 Å². The van der Waals surface area contributed by atoms with E-state index in [-0.39, 0.29) is 17.8 Å². The number of methoxy groups -OCH3 is 1. The predicted octanol–water partition coefficient (Wildman–Crippen LogP) is 1.76. The number of ether oxygens (including phenoxy) is 2. The topological polar surface area (TPSA) is 48.4 Å². The Hall–Kier alpha value is -1.58. The number of pyridine rings is 1. The first kappa shape index (κ1) is 10.9. The maximum atomic E-state index is 11.5. The Balaban J connectivity index is 2.08. The van der Waals surface area contributed by atoms with E-state index < -0.39 is 0 Å². The van der Waals surface area contributed by atoms with Gasteiger partial charge in [0.1, 0.15) is 5.75 Å². The van der Waals surface area contributed by atoms with Gasteiger partial charge in [-0.2, -0.15) is 0 Å². The molecule has 16 heavy (non-hydrogen) atoms. The first-order valence-corrected chi connectivity index (χ1v) is 5.43. The summed E-state index contributed by atoms with van der Waals surface area (Å²) in [7, 11) is 1.61. The van der Waals surface area contributed by atoms with E-state index in [0.29, 0.717) is 6.61 Å². The molecule has 0 N–H and O–H groups in total. The zero-order valence-electron chi connectivity index (χ0n) is 9.47. The predicted molar refractivity (Wildman–Crippen MR) is 58.3 cm³/mol. The molecule has 0 amide bonds. The smallest absolute Gasteiger partial charge is 0.309 e. The molecule has 1 saturated carbocycles. The van der Waals surface area contributed by atoms with Crippen LogP contribution in [0.3, 0.4) is 0 Å². The molecule has 0 aliphatic heterocycles. The molecule has 1 aliphatic rings. The quantitative estimate of drug-likeness (QED) is 0.727. The molecule has 4 heteroatoms. The van der Waals surface area contributed by atoms with E-state index in [2.05, 4.69) is 4.98 Å². The summed E-state index contributed by atoms with van der Waals surface area (Å²) in [5.74, 6) is 0.749. The van der Waals surface area contributed by atoms with Gasteiger partial charge in [0, 0.05) is 12.1 Å². The average molecular weight is 221 g/mol. The SMILES string of the molecule is CCOC(=O)C1CC1c1ncccc1OC. The van der Waals surface area contributed by atoms with E-state index in [9.17, 15) is 4.79 Å².